The average molecular weight is 407 g/mol. The van der Waals surface area contributed by atoms with Crippen molar-refractivity contribution in [3.63, 3.8) is 0 Å². The number of quaternary nitrogens is 2. The first-order valence-corrected chi connectivity index (χ1v) is 10.4. The van der Waals surface area contributed by atoms with E-state index in [0.29, 0.717) is 18.8 Å². The maximum Gasteiger partial charge on any atom is 0.279 e. The number of carbonyl (C=O) groups excluding carboxylic acids is 2. The third-order valence-electron chi connectivity index (χ3n) is 4.96. The first-order chi connectivity index (χ1) is 13.5. The van der Waals surface area contributed by atoms with Crippen LogP contribution in [0.15, 0.2) is 41.8 Å². The summed E-state index contributed by atoms with van der Waals surface area (Å²) in [6.07, 6.45) is 0. The molecule has 3 rings (SSSR count). The molecule has 2 aromatic rings. The Morgan fingerprint density at radius 2 is 1.64 bits per heavy atom. The normalized spacial score (nSPS) is 20.4. The van der Waals surface area contributed by atoms with Gasteiger partial charge >= 0.3 is 0 Å². The smallest absolute Gasteiger partial charge is 0.279 e. The summed E-state index contributed by atoms with van der Waals surface area (Å²) in [4.78, 5) is 28.1. The first-order valence-electron chi connectivity index (χ1n) is 9.55. The predicted octanol–water partition coefficient (Wildman–Crippen LogP) is -0.513. The van der Waals surface area contributed by atoms with Gasteiger partial charge in [-0.1, -0.05) is 6.07 Å². The number of thiophene rings is 1. The topological polar surface area (TPSA) is 67.1 Å². The van der Waals surface area contributed by atoms with Gasteiger partial charge in [-0.2, -0.15) is 0 Å². The van der Waals surface area contributed by atoms with Crippen molar-refractivity contribution in [1.29, 1.82) is 0 Å². The van der Waals surface area contributed by atoms with Gasteiger partial charge in [-0.15, -0.1) is 11.3 Å². The van der Waals surface area contributed by atoms with E-state index in [-0.39, 0.29) is 23.7 Å². The van der Waals surface area contributed by atoms with Crippen LogP contribution in [-0.4, -0.2) is 51.1 Å². The van der Waals surface area contributed by atoms with Gasteiger partial charge in [0.15, 0.2) is 13.1 Å². The molecule has 1 aliphatic heterocycles. The van der Waals surface area contributed by atoms with Crippen LogP contribution in [0.4, 0.5) is 10.1 Å². The second-order valence-electron chi connectivity index (χ2n) is 7.21. The van der Waals surface area contributed by atoms with Gasteiger partial charge in [0, 0.05) is 10.6 Å². The Morgan fingerprint density at radius 1 is 1.04 bits per heavy atom. The zero-order valence-electron chi connectivity index (χ0n) is 16.0. The van der Waals surface area contributed by atoms with E-state index < -0.39 is 0 Å². The Labute approximate surface area is 168 Å². The van der Waals surface area contributed by atoms with Crippen molar-refractivity contribution in [1.82, 2.24) is 5.32 Å². The fourth-order valence-electron chi connectivity index (χ4n) is 3.40. The number of benzene rings is 1. The van der Waals surface area contributed by atoms with E-state index in [1.165, 1.54) is 21.9 Å². The van der Waals surface area contributed by atoms with Crippen LogP contribution < -0.4 is 20.4 Å². The van der Waals surface area contributed by atoms with Crippen LogP contribution >= 0.6 is 11.3 Å². The molecule has 0 unspecified atom stereocenters. The molecule has 1 fully saturated rings. The highest BCUT2D eigenvalue weighted by molar-refractivity contribution is 7.10. The molecule has 0 aliphatic carbocycles. The van der Waals surface area contributed by atoms with Crippen LogP contribution in [0.25, 0.3) is 0 Å². The maximum absolute atomic E-state index is 12.9. The van der Waals surface area contributed by atoms with Gasteiger partial charge in [-0.25, -0.2) is 4.39 Å². The largest absolute Gasteiger partial charge is 0.344 e. The Hall–Kier alpha value is -2.29. The highest BCUT2D eigenvalue weighted by Gasteiger charge is 2.26. The van der Waals surface area contributed by atoms with Crippen LogP contribution in [0.1, 0.15) is 17.8 Å². The summed E-state index contributed by atoms with van der Waals surface area (Å²) in [5, 5.41) is 7.87. The number of nitrogens with one attached hydrogen (secondary N) is 4. The summed E-state index contributed by atoms with van der Waals surface area (Å²) < 4.78 is 12.9. The lowest BCUT2D eigenvalue weighted by Gasteiger charge is -2.29. The molecule has 6 nitrogen and oxygen atoms in total. The number of rotatable bonds is 7. The lowest BCUT2D eigenvalue weighted by Crippen LogP contribution is -3.28. The fraction of sp³-hybridized carbons (Fsp3) is 0.400. The molecule has 0 bridgehead atoms. The third-order valence-corrected chi connectivity index (χ3v) is 6.02. The van der Waals surface area contributed by atoms with E-state index in [9.17, 15) is 14.0 Å². The van der Waals surface area contributed by atoms with Crippen molar-refractivity contribution in [3.8, 4) is 0 Å². The molecular weight excluding hydrogens is 379 g/mol. The first kappa shape index (κ1) is 20.4. The lowest BCUT2D eigenvalue weighted by atomic mass is 10.2. The highest BCUT2D eigenvalue weighted by Crippen LogP contribution is 2.17. The Kier molecular flexibility index (Phi) is 7.13. The summed E-state index contributed by atoms with van der Waals surface area (Å²) in [5.74, 6) is -0.336. The molecule has 1 saturated heterocycles. The molecule has 1 aromatic carbocycles. The van der Waals surface area contributed by atoms with Gasteiger partial charge in [0.25, 0.3) is 11.8 Å². The van der Waals surface area contributed by atoms with Crippen LogP contribution in [0.2, 0.25) is 0 Å². The molecule has 0 spiro atoms. The zero-order chi connectivity index (χ0) is 19.9. The second kappa shape index (κ2) is 9.77. The number of amides is 2. The number of piperazine rings is 1. The van der Waals surface area contributed by atoms with Crippen molar-refractivity contribution >= 4 is 28.8 Å². The Morgan fingerprint density at radius 3 is 2.21 bits per heavy atom. The lowest BCUT2D eigenvalue weighted by molar-refractivity contribution is -1.00. The second-order valence-corrected chi connectivity index (χ2v) is 8.19. The molecule has 8 heteroatoms. The van der Waals surface area contributed by atoms with E-state index in [4.69, 9.17) is 0 Å². The number of hydrogen-bond donors (Lipinski definition) is 4. The van der Waals surface area contributed by atoms with Crippen molar-refractivity contribution in [2.24, 2.45) is 0 Å². The van der Waals surface area contributed by atoms with Gasteiger partial charge in [0.2, 0.25) is 0 Å². The minimum absolute atomic E-state index is 0.0361. The van der Waals surface area contributed by atoms with Crippen molar-refractivity contribution in [2.45, 2.75) is 13.0 Å². The average Bonchev–Trinajstić information content (AvgIpc) is 3.20. The van der Waals surface area contributed by atoms with Crippen molar-refractivity contribution in [2.75, 3.05) is 44.6 Å². The molecule has 1 aromatic heterocycles. The number of halogens is 1. The molecule has 4 N–H and O–H groups in total. The van der Waals surface area contributed by atoms with E-state index in [1.54, 1.807) is 23.5 Å². The van der Waals surface area contributed by atoms with Crippen molar-refractivity contribution in [3.05, 3.63) is 52.5 Å². The van der Waals surface area contributed by atoms with Crippen LogP contribution in [0.3, 0.4) is 0 Å². The summed E-state index contributed by atoms with van der Waals surface area (Å²) >= 11 is 1.64. The van der Waals surface area contributed by atoms with Gasteiger partial charge in [-0.3, -0.25) is 9.59 Å². The molecule has 150 valence electrons. The third kappa shape index (κ3) is 6.12. The van der Waals surface area contributed by atoms with Gasteiger partial charge in [0.05, 0.1) is 6.04 Å². The zero-order valence-corrected chi connectivity index (χ0v) is 16.8. The van der Waals surface area contributed by atoms with Crippen LogP contribution in [0.5, 0.6) is 0 Å². The monoisotopic (exact) mass is 406 g/mol. The summed E-state index contributed by atoms with van der Waals surface area (Å²) in [6, 6.07) is 9.82. The molecule has 2 heterocycles. The van der Waals surface area contributed by atoms with Gasteiger partial charge in [0.1, 0.15) is 32.0 Å². The standard InChI is InChI=1S/C20H25FN4O2S/c1-15(18-3-2-12-28-18)22-19(26)13-24-8-10-25(11-9-24)14-20(27)23-17-6-4-16(21)5-7-17/h2-7,12,15H,8-11,13-14H2,1H3,(H,22,26)(H,23,27)/p+2/t15-/m0/s1. The van der Waals surface area contributed by atoms with Crippen LogP contribution in [-0.2, 0) is 9.59 Å². The molecule has 1 atom stereocenters. The quantitative estimate of drug-likeness (QED) is 0.500. The molecule has 28 heavy (non-hydrogen) atoms. The number of carbonyl (C=O) groups is 2. The fourth-order valence-corrected chi connectivity index (χ4v) is 4.14. The SMILES string of the molecule is C[C@H](NC(=O)C[NH+]1CC[NH+](CC(=O)Nc2ccc(F)cc2)CC1)c1cccs1. The highest BCUT2D eigenvalue weighted by atomic mass is 32.1. The number of anilines is 1. The minimum Gasteiger partial charge on any atom is -0.344 e. The molecule has 0 saturated carbocycles. The van der Waals surface area contributed by atoms with Gasteiger partial charge < -0.3 is 20.4 Å². The van der Waals surface area contributed by atoms with Crippen molar-refractivity contribution < 1.29 is 23.8 Å². The summed E-state index contributed by atoms with van der Waals surface area (Å²) in [5.41, 5.74) is 0.603. The molecular formula is C20H27FN4O2S+2. The summed E-state index contributed by atoms with van der Waals surface area (Å²) in [7, 11) is 0. The summed E-state index contributed by atoms with van der Waals surface area (Å²) in [6.45, 7) is 6.26. The number of hydrogen-bond acceptors (Lipinski definition) is 3. The van der Waals surface area contributed by atoms with E-state index in [2.05, 4.69) is 10.6 Å². The van der Waals surface area contributed by atoms with Crippen LogP contribution in [0, 0.1) is 5.82 Å². The van der Waals surface area contributed by atoms with E-state index in [0.717, 1.165) is 31.1 Å². The predicted molar refractivity (Wildman–Crippen MR) is 107 cm³/mol. The van der Waals surface area contributed by atoms with E-state index >= 15 is 0 Å². The van der Waals surface area contributed by atoms with Gasteiger partial charge in [-0.05, 0) is 42.6 Å². The maximum atomic E-state index is 12.9. The molecule has 2 amide bonds. The molecule has 1 aliphatic rings. The minimum atomic E-state index is -0.323. The molecule has 0 radical (unpaired) electrons. The Bertz CT molecular complexity index is 774. The Balaban J connectivity index is 1.36. The van der Waals surface area contributed by atoms with E-state index in [1.807, 2.05) is 24.4 Å².